The summed E-state index contributed by atoms with van der Waals surface area (Å²) in [5.74, 6) is 0.652. The van der Waals surface area contributed by atoms with Crippen LogP contribution in [0.3, 0.4) is 0 Å². The Balaban J connectivity index is 1.88. The lowest BCUT2D eigenvalue weighted by Crippen LogP contribution is -2.11. The van der Waals surface area contributed by atoms with Crippen LogP contribution in [-0.2, 0) is 0 Å². The van der Waals surface area contributed by atoms with Gasteiger partial charge >= 0.3 is 0 Å². The minimum Gasteiger partial charge on any atom is -0.368 e. The van der Waals surface area contributed by atoms with E-state index < -0.39 is 0 Å². The van der Waals surface area contributed by atoms with E-state index in [1.807, 2.05) is 6.92 Å². The Hall–Kier alpha value is -3.88. The van der Waals surface area contributed by atoms with E-state index in [0.717, 1.165) is 11.1 Å². The Bertz CT molecular complexity index is 1070. The highest BCUT2D eigenvalue weighted by molar-refractivity contribution is 5.71. The topological polar surface area (TPSA) is 118 Å². The number of anilines is 3. The quantitative estimate of drug-likeness (QED) is 0.489. The van der Waals surface area contributed by atoms with Crippen molar-refractivity contribution in [1.29, 1.82) is 0 Å². The monoisotopic (exact) mass is 376 g/mol. The van der Waals surface area contributed by atoms with E-state index in [1.165, 1.54) is 12.1 Å². The van der Waals surface area contributed by atoms with Gasteiger partial charge < -0.3 is 11.1 Å². The van der Waals surface area contributed by atoms with Crippen LogP contribution in [0, 0.1) is 5.82 Å². The van der Waals surface area contributed by atoms with Crippen molar-refractivity contribution in [2.24, 2.45) is 0 Å². The van der Waals surface area contributed by atoms with E-state index in [-0.39, 0.29) is 17.7 Å². The third-order valence-corrected chi connectivity index (χ3v) is 4.33. The Morgan fingerprint density at radius 1 is 1.07 bits per heavy atom. The van der Waals surface area contributed by atoms with Crippen LogP contribution in [0.15, 0.2) is 55.1 Å². The number of nitrogens with two attached hydrogens (primary N) is 1. The molecule has 0 saturated heterocycles. The molecule has 0 radical (unpaired) electrons. The maximum atomic E-state index is 13.4. The lowest BCUT2D eigenvalue weighted by Gasteiger charge is -2.20. The summed E-state index contributed by atoms with van der Waals surface area (Å²) >= 11 is 0. The zero-order chi connectivity index (χ0) is 19.5. The molecule has 0 bridgehead atoms. The minimum atomic E-state index is -0.295. The van der Waals surface area contributed by atoms with Gasteiger partial charge in [0.2, 0.25) is 5.95 Å². The lowest BCUT2D eigenvalue weighted by atomic mass is 9.91. The van der Waals surface area contributed by atoms with Crippen LogP contribution in [-0.4, -0.2) is 30.1 Å². The Morgan fingerprint density at radius 3 is 2.57 bits per heavy atom. The van der Waals surface area contributed by atoms with Gasteiger partial charge in [0.05, 0.1) is 17.6 Å². The van der Waals surface area contributed by atoms with Crippen LogP contribution in [0.4, 0.5) is 22.0 Å². The van der Waals surface area contributed by atoms with E-state index in [2.05, 4.69) is 35.5 Å². The smallest absolute Gasteiger partial charge is 0.222 e. The van der Waals surface area contributed by atoms with Crippen LogP contribution < -0.4 is 11.1 Å². The molecular formula is C19H17FN8. The van der Waals surface area contributed by atoms with Gasteiger partial charge in [0, 0.05) is 30.1 Å². The van der Waals surface area contributed by atoms with Gasteiger partial charge in [-0.25, -0.2) is 14.4 Å². The van der Waals surface area contributed by atoms with Gasteiger partial charge in [-0.1, -0.05) is 19.1 Å². The first-order valence-corrected chi connectivity index (χ1v) is 8.57. The van der Waals surface area contributed by atoms with Crippen molar-refractivity contribution in [1.82, 2.24) is 30.1 Å². The predicted molar refractivity (Wildman–Crippen MR) is 103 cm³/mol. The molecule has 1 unspecified atom stereocenters. The highest BCUT2D eigenvalue weighted by Crippen LogP contribution is 2.37. The largest absolute Gasteiger partial charge is 0.368 e. The van der Waals surface area contributed by atoms with Gasteiger partial charge in [-0.3, -0.25) is 10.1 Å². The Kier molecular flexibility index (Phi) is 4.63. The highest BCUT2D eigenvalue weighted by Gasteiger charge is 2.23. The summed E-state index contributed by atoms with van der Waals surface area (Å²) in [5.41, 5.74) is 8.94. The molecule has 4 aromatic rings. The number of aromatic amines is 1. The van der Waals surface area contributed by atoms with E-state index in [1.54, 1.807) is 43.0 Å². The highest BCUT2D eigenvalue weighted by atomic mass is 19.1. The summed E-state index contributed by atoms with van der Waals surface area (Å²) in [6.45, 7) is 1.99. The van der Waals surface area contributed by atoms with E-state index in [4.69, 9.17) is 5.73 Å². The van der Waals surface area contributed by atoms with Crippen molar-refractivity contribution in [3.05, 3.63) is 72.1 Å². The number of halogens is 1. The van der Waals surface area contributed by atoms with Gasteiger partial charge in [0.1, 0.15) is 17.5 Å². The first kappa shape index (κ1) is 17.5. The molecule has 0 fully saturated rings. The number of hydrogen-bond donors (Lipinski definition) is 3. The number of nitrogens with one attached hydrogen (secondary N) is 2. The first-order valence-electron chi connectivity index (χ1n) is 8.57. The maximum absolute atomic E-state index is 13.4. The third-order valence-electron chi connectivity index (χ3n) is 4.33. The van der Waals surface area contributed by atoms with Crippen LogP contribution in [0.2, 0.25) is 0 Å². The molecular weight excluding hydrogens is 359 g/mol. The summed E-state index contributed by atoms with van der Waals surface area (Å²) in [6, 6.07) is 8.12. The second-order valence-corrected chi connectivity index (χ2v) is 6.15. The van der Waals surface area contributed by atoms with Crippen LogP contribution in [0.25, 0.3) is 11.4 Å². The molecule has 3 aromatic heterocycles. The molecule has 4 N–H and O–H groups in total. The van der Waals surface area contributed by atoms with Gasteiger partial charge in [-0.2, -0.15) is 10.1 Å². The SMILES string of the molecule is CC(c1ccc(F)cc1)c1c(Nc2cnccn2)nc(N)nc1-c1ccn[nH]1. The number of rotatable bonds is 5. The fraction of sp³-hybridized carbons (Fsp3) is 0.105. The third kappa shape index (κ3) is 3.50. The Labute approximate surface area is 160 Å². The molecule has 0 aliphatic heterocycles. The normalized spacial score (nSPS) is 11.9. The molecule has 8 nitrogen and oxygen atoms in total. The van der Waals surface area contributed by atoms with Gasteiger partial charge in [0.15, 0.2) is 0 Å². The average molecular weight is 376 g/mol. The van der Waals surface area contributed by atoms with Crippen molar-refractivity contribution in [3.8, 4) is 11.4 Å². The second-order valence-electron chi connectivity index (χ2n) is 6.15. The van der Waals surface area contributed by atoms with Crippen LogP contribution in [0.1, 0.15) is 24.0 Å². The van der Waals surface area contributed by atoms with Crippen molar-refractivity contribution in [2.75, 3.05) is 11.1 Å². The lowest BCUT2D eigenvalue weighted by molar-refractivity contribution is 0.626. The van der Waals surface area contributed by atoms with E-state index >= 15 is 0 Å². The van der Waals surface area contributed by atoms with Gasteiger partial charge in [-0.05, 0) is 23.8 Å². The van der Waals surface area contributed by atoms with Crippen molar-refractivity contribution in [3.63, 3.8) is 0 Å². The molecule has 140 valence electrons. The summed E-state index contributed by atoms with van der Waals surface area (Å²) < 4.78 is 13.4. The summed E-state index contributed by atoms with van der Waals surface area (Å²) in [6.07, 6.45) is 6.37. The fourth-order valence-corrected chi connectivity index (χ4v) is 2.99. The molecule has 0 aliphatic rings. The second kappa shape index (κ2) is 7.39. The van der Waals surface area contributed by atoms with E-state index in [9.17, 15) is 4.39 Å². The summed E-state index contributed by atoms with van der Waals surface area (Å²) in [7, 11) is 0. The molecule has 3 heterocycles. The number of hydrogen-bond acceptors (Lipinski definition) is 7. The maximum Gasteiger partial charge on any atom is 0.222 e. The molecule has 0 spiro atoms. The molecule has 1 aromatic carbocycles. The van der Waals surface area contributed by atoms with Crippen LogP contribution in [0.5, 0.6) is 0 Å². The average Bonchev–Trinajstić information content (AvgIpc) is 3.23. The summed E-state index contributed by atoms with van der Waals surface area (Å²) in [5, 5.41) is 10.1. The van der Waals surface area contributed by atoms with Gasteiger partial charge in [-0.15, -0.1) is 0 Å². The zero-order valence-electron chi connectivity index (χ0n) is 15.0. The van der Waals surface area contributed by atoms with Crippen LogP contribution >= 0.6 is 0 Å². The number of nitrogen functional groups attached to an aromatic ring is 1. The van der Waals surface area contributed by atoms with Crippen molar-refractivity contribution in [2.45, 2.75) is 12.8 Å². The molecule has 0 amide bonds. The standard InChI is InChI=1S/C19H17FN8/c1-11(12-2-4-13(20)5-3-12)16-17(14-6-7-24-28-14)26-19(21)27-18(16)25-15-10-22-8-9-23-15/h2-11H,1H3,(H,24,28)(H3,21,23,25,26,27). The number of nitrogens with zero attached hydrogens (tertiary/aromatic N) is 5. The van der Waals surface area contributed by atoms with Crippen molar-refractivity contribution >= 4 is 17.6 Å². The minimum absolute atomic E-state index is 0.103. The molecule has 0 saturated carbocycles. The van der Waals surface area contributed by atoms with E-state index in [0.29, 0.717) is 23.0 Å². The van der Waals surface area contributed by atoms with Crippen molar-refractivity contribution < 1.29 is 4.39 Å². The molecule has 9 heteroatoms. The first-order chi connectivity index (χ1) is 13.6. The number of aromatic nitrogens is 6. The predicted octanol–water partition coefficient (Wildman–Crippen LogP) is 3.27. The molecule has 28 heavy (non-hydrogen) atoms. The number of H-pyrrole nitrogens is 1. The molecule has 0 aliphatic carbocycles. The Morgan fingerprint density at radius 2 is 1.89 bits per heavy atom. The van der Waals surface area contributed by atoms with Gasteiger partial charge in [0.25, 0.3) is 0 Å². The number of benzene rings is 1. The molecule has 1 atom stereocenters. The summed E-state index contributed by atoms with van der Waals surface area (Å²) in [4.78, 5) is 17.1. The fourth-order valence-electron chi connectivity index (χ4n) is 2.99. The molecule has 4 rings (SSSR count). The zero-order valence-corrected chi connectivity index (χ0v) is 15.0.